The molecule has 0 aliphatic rings. The molecule has 1 aromatic carbocycles. The van der Waals surface area contributed by atoms with Crippen LogP contribution in [0.1, 0.15) is 30.8 Å². The first-order valence-electron chi connectivity index (χ1n) is 11.7. The Morgan fingerprint density at radius 3 is 2.57 bits per heavy atom. The first kappa shape index (κ1) is 28.5. The van der Waals surface area contributed by atoms with Gasteiger partial charge in [-0.3, -0.25) is 4.79 Å². The third-order valence-electron chi connectivity index (χ3n) is 5.55. The Morgan fingerprint density at radius 1 is 1.16 bits per heavy atom. The van der Waals surface area contributed by atoms with Crippen LogP contribution in [0.3, 0.4) is 0 Å². The zero-order valence-corrected chi connectivity index (χ0v) is 25.0. The Balaban J connectivity index is 0.00000186. The maximum absolute atomic E-state index is 12.2. The van der Waals surface area contributed by atoms with E-state index in [-0.39, 0.29) is 19.1 Å². The summed E-state index contributed by atoms with van der Waals surface area (Å²) < 4.78 is 16.8. The smallest absolute Gasteiger partial charge is 0.258 e. The molecule has 1 N–H and O–H groups in total. The van der Waals surface area contributed by atoms with Crippen molar-refractivity contribution < 1.29 is 14.3 Å². The Hall–Kier alpha value is -3.10. The highest BCUT2D eigenvalue weighted by Crippen LogP contribution is 2.35. The molecule has 37 heavy (non-hydrogen) atoms. The van der Waals surface area contributed by atoms with Crippen LogP contribution < -0.4 is 14.8 Å². The number of hydrogen-bond acceptors (Lipinski definition) is 6. The molecule has 4 aromatic rings. The van der Waals surface area contributed by atoms with E-state index in [1.807, 2.05) is 57.4 Å². The van der Waals surface area contributed by atoms with Crippen molar-refractivity contribution in [2.24, 2.45) is 14.1 Å². The molecule has 0 bridgehead atoms. The van der Waals surface area contributed by atoms with Crippen molar-refractivity contribution in [3.8, 4) is 35.2 Å². The summed E-state index contributed by atoms with van der Waals surface area (Å²) >= 11 is 2.28. The second-order valence-corrected chi connectivity index (χ2v) is 9.87. The number of hydrogen-bond donors (Lipinski definition) is 1. The maximum Gasteiger partial charge on any atom is 0.258 e. The lowest BCUT2D eigenvalue weighted by Gasteiger charge is -2.11. The van der Waals surface area contributed by atoms with Crippen LogP contribution in [-0.2, 0) is 18.9 Å². The molecule has 3 aromatic heterocycles. The summed E-state index contributed by atoms with van der Waals surface area (Å²) in [6.45, 7) is 8.31. The molecule has 3 heterocycles. The lowest BCUT2D eigenvalue weighted by molar-refractivity contribution is -0.123. The van der Waals surface area contributed by atoms with Crippen molar-refractivity contribution in [3.05, 3.63) is 41.3 Å². The van der Waals surface area contributed by atoms with Crippen LogP contribution in [0.2, 0.25) is 0 Å². The summed E-state index contributed by atoms with van der Waals surface area (Å²) in [5.74, 6) is 3.61. The van der Waals surface area contributed by atoms with Crippen LogP contribution in [0.25, 0.3) is 22.0 Å². The molecule has 1 amide bonds. The monoisotopic (exact) mass is 635 g/mol. The van der Waals surface area contributed by atoms with Gasteiger partial charge in [0.1, 0.15) is 12.3 Å². The Bertz CT molecular complexity index is 1430. The highest BCUT2D eigenvalue weighted by atomic mass is 127. The number of terminal acetylenes is 1. The topological polar surface area (TPSA) is 101 Å². The van der Waals surface area contributed by atoms with E-state index in [4.69, 9.17) is 15.9 Å². The summed E-state index contributed by atoms with van der Waals surface area (Å²) in [6, 6.07) is 6.02. The predicted molar refractivity (Wildman–Crippen MR) is 156 cm³/mol. The lowest BCUT2D eigenvalue weighted by Crippen LogP contribution is -2.32. The van der Waals surface area contributed by atoms with Crippen molar-refractivity contribution in [3.63, 3.8) is 0 Å². The van der Waals surface area contributed by atoms with Crippen LogP contribution in [0.15, 0.2) is 24.4 Å². The van der Waals surface area contributed by atoms with Crippen LogP contribution in [-0.4, -0.2) is 54.8 Å². The van der Waals surface area contributed by atoms with E-state index < -0.39 is 0 Å². The third kappa shape index (κ3) is 6.25. The zero-order valence-electron chi connectivity index (χ0n) is 21.8. The second-order valence-electron chi connectivity index (χ2n) is 7.83. The van der Waals surface area contributed by atoms with Gasteiger partial charge in [0.15, 0.2) is 6.61 Å². The Labute approximate surface area is 231 Å². The van der Waals surface area contributed by atoms with E-state index in [0.29, 0.717) is 30.4 Å². The number of nitrogens with one attached hydrogen (secondary N) is 1. The first-order chi connectivity index (χ1) is 17.8. The summed E-state index contributed by atoms with van der Waals surface area (Å²) in [6.07, 6.45) is 7.87. The average Bonchev–Trinajstić information content (AvgIpc) is 3.53. The molecule has 0 aliphatic heterocycles. The number of benzene rings is 1. The first-order valence-corrected chi connectivity index (χ1v) is 15.8. The van der Waals surface area contributed by atoms with Crippen LogP contribution in [0.5, 0.6) is 11.8 Å². The van der Waals surface area contributed by atoms with E-state index in [1.54, 1.807) is 22.6 Å². The van der Waals surface area contributed by atoms with Gasteiger partial charge in [-0.2, -0.15) is 15.3 Å². The van der Waals surface area contributed by atoms with Gasteiger partial charge in [0, 0.05) is 25.0 Å². The Morgan fingerprint density at radius 2 is 1.92 bits per heavy atom. The minimum atomic E-state index is -0.239. The fourth-order valence-electron chi connectivity index (χ4n) is 3.72. The van der Waals surface area contributed by atoms with E-state index >= 15 is 0 Å². The number of aryl methyl sites for hydroxylation is 3. The van der Waals surface area contributed by atoms with Gasteiger partial charge in [0.05, 0.1) is 35.9 Å². The molecule has 0 radical (unpaired) electrons. The summed E-state index contributed by atoms with van der Waals surface area (Å²) in [7, 11) is 3.59. The lowest BCUT2D eigenvalue weighted by atomic mass is 10.1. The minimum Gasteiger partial charge on any atom is -0.476 e. The number of fused-ring (bicyclic) bond motifs is 1. The highest BCUT2D eigenvalue weighted by Gasteiger charge is 2.16. The molecular formula is C25H31IN7O3P. The van der Waals surface area contributed by atoms with E-state index in [9.17, 15) is 4.79 Å². The molecule has 1 unspecified atom stereocenters. The molecule has 4 rings (SSSR count). The zero-order chi connectivity index (χ0) is 27.1. The van der Waals surface area contributed by atoms with Crippen LogP contribution in [0.4, 0.5) is 0 Å². The van der Waals surface area contributed by atoms with E-state index in [1.165, 1.54) is 0 Å². The minimum absolute atomic E-state index is 0.0974. The van der Waals surface area contributed by atoms with Gasteiger partial charge in [0.25, 0.3) is 5.91 Å². The standard InChI is InChI=1S/C23H25IN7O3P.C2H6/c1-6-19-17-11-16(7-8-20(17)31(28-19)35-24)18-12-26-29(4)23(18)33-10-9-25-21(32)13-34-22-14(2)15(3)27-30(22)5;1-2/h1,7-8,11-12,35H,9-10,13H2,2-5H3,(H,25,32);1-2H3. The number of carbonyl (C=O) groups excluding carboxylic acids is 1. The van der Waals surface area contributed by atoms with Crippen molar-refractivity contribution >= 4 is 45.2 Å². The summed E-state index contributed by atoms with van der Waals surface area (Å²) in [4.78, 5) is 12.2. The fraction of sp³-hybridized carbons (Fsp3) is 0.360. The second kappa shape index (κ2) is 12.9. The molecule has 1 atom stereocenters. The van der Waals surface area contributed by atoms with Gasteiger partial charge >= 0.3 is 0 Å². The SMILES string of the molecule is C#Cc1nn(PI)c2ccc(-c3cnn(C)c3OCCNC(=O)COc3c(C)c(C)nn3C)cc12.CC. The van der Waals surface area contributed by atoms with Gasteiger partial charge < -0.3 is 14.8 Å². The third-order valence-corrected chi connectivity index (χ3v) is 7.42. The molecule has 12 heteroatoms. The number of ether oxygens (including phenoxy) is 2. The molecular weight excluding hydrogens is 604 g/mol. The van der Waals surface area contributed by atoms with E-state index in [2.05, 4.69) is 48.6 Å². The number of halogens is 1. The average molecular weight is 635 g/mol. The summed E-state index contributed by atoms with van der Waals surface area (Å²) in [5.41, 5.74) is 5.14. The normalized spacial score (nSPS) is 10.9. The molecule has 196 valence electrons. The maximum atomic E-state index is 12.2. The van der Waals surface area contributed by atoms with Gasteiger partial charge in [-0.25, -0.2) is 13.8 Å². The van der Waals surface area contributed by atoms with Crippen molar-refractivity contribution in [1.82, 2.24) is 34.4 Å². The molecule has 0 aliphatic carbocycles. The van der Waals surface area contributed by atoms with Crippen LogP contribution in [0, 0.1) is 26.2 Å². The van der Waals surface area contributed by atoms with Crippen LogP contribution >= 0.6 is 28.4 Å². The van der Waals surface area contributed by atoms with Crippen molar-refractivity contribution in [1.29, 1.82) is 0 Å². The quantitative estimate of drug-likeness (QED) is 0.128. The number of amides is 1. The largest absolute Gasteiger partial charge is 0.476 e. The number of nitrogens with zero attached hydrogens (tertiary/aromatic N) is 6. The van der Waals surface area contributed by atoms with Gasteiger partial charge in [0.2, 0.25) is 11.8 Å². The van der Waals surface area contributed by atoms with Crippen molar-refractivity contribution in [2.75, 3.05) is 19.8 Å². The molecule has 0 spiro atoms. The molecule has 0 saturated heterocycles. The number of rotatable bonds is 9. The van der Waals surface area contributed by atoms with Gasteiger partial charge in [-0.1, -0.05) is 19.9 Å². The van der Waals surface area contributed by atoms with Crippen molar-refractivity contribution in [2.45, 2.75) is 27.7 Å². The van der Waals surface area contributed by atoms with E-state index in [0.717, 1.165) is 33.3 Å². The number of carbonyl (C=O) groups is 1. The predicted octanol–water partition coefficient (Wildman–Crippen LogP) is 4.16. The molecule has 10 nitrogen and oxygen atoms in total. The highest BCUT2D eigenvalue weighted by molar-refractivity contribution is 14.2. The number of aromatic nitrogens is 6. The Kier molecular flexibility index (Phi) is 9.94. The molecule has 0 fully saturated rings. The summed E-state index contributed by atoms with van der Waals surface area (Å²) in [5, 5.41) is 16.8. The molecule has 0 saturated carbocycles. The van der Waals surface area contributed by atoms with Gasteiger partial charge in [-0.05, 0) is 59.5 Å². The fourth-order valence-corrected chi connectivity index (χ4v) is 5.25. The van der Waals surface area contributed by atoms with Gasteiger partial charge in [-0.15, -0.1) is 6.42 Å².